The quantitative estimate of drug-likeness (QED) is 0.163. The van der Waals surface area contributed by atoms with Gasteiger partial charge in [0.1, 0.15) is 0 Å². The normalized spacial score (nSPS) is 10.2. The second-order valence-electron chi connectivity index (χ2n) is 10.9. The minimum absolute atomic E-state index is 1.22. The monoisotopic (exact) mass is 588 g/mol. The van der Waals surface area contributed by atoms with Gasteiger partial charge in [-0.3, -0.25) is 0 Å². The van der Waals surface area contributed by atoms with Crippen LogP contribution in [0.4, 0.5) is 0 Å². The molecule has 0 heterocycles. The first kappa shape index (κ1) is 30.1. The van der Waals surface area contributed by atoms with Crippen molar-refractivity contribution in [1.82, 2.24) is 0 Å². The first-order valence-electron chi connectivity index (χ1n) is 15.7. The van der Waals surface area contributed by atoms with Crippen LogP contribution in [0, 0.1) is 0 Å². The molecule has 0 unspecified atom stereocenters. The van der Waals surface area contributed by atoms with Crippen molar-refractivity contribution in [2.75, 3.05) is 0 Å². The Morgan fingerprint density at radius 1 is 0.239 bits per heavy atom. The Hall–Kier alpha value is -5.98. The zero-order chi connectivity index (χ0) is 31.2. The number of hydrogen-bond acceptors (Lipinski definition) is 0. The van der Waals surface area contributed by atoms with Gasteiger partial charge < -0.3 is 0 Å². The molecule has 0 fully saturated rings. The van der Waals surface area contributed by atoms with Gasteiger partial charge >= 0.3 is 0 Å². The Labute approximate surface area is 273 Å². The first-order chi connectivity index (χ1) is 22.9. The molecule has 0 aliphatic carbocycles. The van der Waals surface area contributed by atoms with Gasteiger partial charge in [0.2, 0.25) is 0 Å². The fraction of sp³-hybridized carbons (Fsp3) is 0. The first-order valence-corrected chi connectivity index (χ1v) is 15.7. The summed E-state index contributed by atoms with van der Waals surface area (Å²) in [4.78, 5) is 0. The lowest BCUT2D eigenvalue weighted by molar-refractivity contribution is 1.50. The van der Waals surface area contributed by atoms with Crippen LogP contribution in [0.1, 0.15) is 38.9 Å². The summed E-state index contributed by atoms with van der Waals surface area (Å²) < 4.78 is 0. The van der Waals surface area contributed by atoms with Gasteiger partial charge in [0.05, 0.1) is 0 Å². The van der Waals surface area contributed by atoms with Crippen LogP contribution in [0.15, 0.2) is 212 Å². The van der Waals surface area contributed by atoms with Crippen molar-refractivity contribution in [3.8, 4) is 0 Å². The van der Waals surface area contributed by atoms with Gasteiger partial charge in [-0.2, -0.15) is 0 Å². The molecule has 0 amide bonds. The summed E-state index contributed by atoms with van der Waals surface area (Å²) in [5, 5.41) is 0. The molecule has 0 N–H and O–H groups in total. The zero-order valence-electron chi connectivity index (χ0n) is 25.8. The van der Waals surface area contributed by atoms with Crippen LogP contribution < -0.4 is 0 Å². The molecule has 0 atom stereocenters. The maximum absolute atomic E-state index is 2.24. The van der Waals surface area contributed by atoms with E-state index in [0.717, 1.165) is 0 Å². The van der Waals surface area contributed by atoms with Gasteiger partial charge in [-0.25, -0.2) is 0 Å². The van der Waals surface area contributed by atoms with Crippen LogP contribution in [-0.2, 0) is 0 Å². The van der Waals surface area contributed by atoms with Gasteiger partial charge in [0.15, 0.2) is 0 Å². The topological polar surface area (TPSA) is 0 Å². The van der Waals surface area contributed by atoms with E-state index in [2.05, 4.69) is 212 Å². The summed E-state index contributed by atoms with van der Waals surface area (Å²) in [6, 6.07) is 74.1. The highest BCUT2D eigenvalue weighted by molar-refractivity contribution is 6.04. The summed E-state index contributed by atoms with van der Waals surface area (Å²) >= 11 is 0. The molecule has 0 heteroatoms. The van der Waals surface area contributed by atoms with E-state index in [1.54, 1.807) is 0 Å². The van der Waals surface area contributed by atoms with Gasteiger partial charge in [-0.05, 0) is 61.7 Å². The maximum Gasteiger partial charge on any atom is -0.00268 e. The minimum atomic E-state index is 1.22. The standard InChI is InChI=1S/C26H20.C20H16/c1-5-13-21(14-6-1)25(22-15-7-2-8-16-22)26(23-17-9-3-10-18-23)24-19-11-4-12-20-24;1-4-10-17(11-5-1)16-20(18-12-6-2-7-13-18)19-14-8-3-9-15-19/h1-20H;1-16H. The predicted molar refractivity (Wildman–Crippen MR) is 197 cm³/mol. The van der Waals surface area contributed by atoms with E-state index in [4.69, 9.17) is 0 Å². The lowest BCUT2D eigenvalue weighted by Gasteiger charge is -2.18. The van der Waals surface area contributed by atoms with E-state index in [9.17, 15) is 0 Å². The molecule has 46 heavy (non-hydrogen) atoms. The van der Waals surface area contributed by atoms with E-state index in [0.29, 0.717) is 0 Å². The van der Waals surface area contributed by atoms with Crippen LogP contribution in [0.25, 0.3) is 22.8 Å². The Morgan fingerprint density at radius 3 is 0.717 bits per heavy atom. The lowest BCUT2D eigenvalue weighted by Crippen LogP contribution is -1.97. The highest BCUT2D eigenvalue weighted by Crippen LogP contribution is 2.36. The Morgan fingerprint density at radius 2 is 0.457 bits per heavy atom. The van der Waals surface area contributed by atoms with E-state index in [1.165, 1.54) is 55.7 Å². The lowest BCUT2D eigenvalue weighted by atomic mass is 9.86. The van der Waals surface area contributed by atoms with E-state index < -0.39 is 0 Å². The Balaban J connectivity index is 0.000000167. The molecular weight excluding hydrogens is 553 g/mol. The number of rotatable bonds is 7. The van der Waals surface area contributed by atoms with Gasteiger partial charge in [-0.1, -0.05) is 212 Å². The average Bonchev–Trinajstić information content (AvgIpc) is 3.15. The highest BCUT2D eigenvalue weighted by Gasteiger charge is 2.15. The fourth-order valence-electron chi connectivity index (χ4n) is 5.61. The van der Waals surface area contributed by atoms with Crippen molar-refractivity contribution in [3.63, 3.8) is 0 Å². The molecule has 7 rings (SSSR count). The van der Waals surface area contributed by atoms with E-state index >= 15 is 0 Å². The van der Waals surface area contributed by atoms with Crippen molar-refractivity contribution < 1.29 is 0 Å². The van der Waals surface area contributed by atoms with Crippen molar-refractivity contribution in [3.05, 3.63) is 251 Å². The summed E-state index contributed by atoms with van der Waals surface area (Å²) in [7, 11) is 0. The Kier molecular flexibility index (Phi) is 10.2. The molecule has 0 saturated carbocycles. The largest absolute Gasteiger partial charge is 0.0622 e. The van der Waals surface area contributed by atoms with Gasteiger partial charge in [0.25, 0.3) is 0 Å². The molecule has 220 valence electrons. The molecule has 0 spiro atoms. The number of benzene rings is 7. The summed E-state index contributed by atoms with van der Waals surface area (Å²) in [5.74, 6) is 0. The molecule has 0 radical (unpaired) electrons. The van der Waals surface area contributed by atoms with E-state index in [-0.39, 0.29) is 0 Å². The van der Waals surface area contributed by atoms with Crippen molar-refractivity contribution >= 4 is 22.8 Å². The second-order valence-corrected chi connectivity index (χ2v) is 10.9. The van der Waals surface area contributed by atoms with Gasteiger partial charge in [-0.15, -0.1) is 0 Å². The molecule has 7 aromatic rings. The molecule has 7 aromatic carbocycles. The van der Waals surface area contributed by atoms with E-state index in [1.807, 2.05) is 6.07 Å². The minimum Gasteiger partial charge on any atom is -0.0622 e. The third-order valence-electron chi connectivity index (χ3n) is 7.78. The summed E-state index contributed by atoms with van der Waals surface area (Å²) in [6.45, 7) is 0. The summed E-state index contributed by atoms with van der Waals surface area (Å²) in [5.41, 5.74) is 12.3. The SMILES string of the molecule is C(=C(c1ccccc1)c1ccccc1)c1ccccc1.c1ccc(C(=C(c2ccccc2)c2ccccc2)c2ccccc2)cc1. The average molecular weight is 589 g/mol. The molecule has 0 saturated heterocycles. The van der Waals surface area contributed by atoms with Crippen LogP contribution in [0.2, 0.25) is 0 Å². The smallest absolute Gasteiger partial charge is 0.00268 e. The van der Waals surface area contributed by atoms with Crippen molar-refractivity contribution in [2.24, 2.45) is 0 Å². The Bertz CT molecular complexity index is 1750. The second kappa shape index (κ2) is 15.7. The summed E-state index contributed by atoms with van der Waals surface area (Å²) in [6.07, 6.45) is 2.24. The van der Waals surface area contributed by atoms with Crippen molar-refractivity contribution in [1.29, 1.82) is 0 Å². The molecular formula is C46H36. The molecule has 0 aliphatic heterocycles. The van der Waals surface area contributed by atoms with Crippen molar-refractivity contribution in [2.45, 2.75) is 0 Å². The molecule has 0 aromatic heterocycles. The third kappa shape index (κ3) is 7.75. The fourth-order valence-corrected chi connectivity index (χ4v) is 5.61. The predicted octanol–water partition coefficient (Wildman–Crippen LogP) is 12.0. The van der Waals surface area contributed by atoms with Crippen LogP contribution in [-0.4, -0.2) is 0 Å². The maximum atomic E-state index is 2.24. The van der Waals surface area contributed by atoms with Crippen LogP contribution >= 0.6 is 0 Å². The van der Waals surface area contributed by atoms with Crippen LogP contribution in [0.3, 0.4) is 0 Å². The van der Waals surface area contributed by atoms with Gasteiger partial charge in [0, 0.05) is 0 Å². The highest BCUT2D eigenvalue weighted by atomic mass is 14.2. The third-order valence-corrected chi connectivity index (χ3v) is 7.78. The molecule has 0 bridgehead atoms. The molecule has 0 nitrogen and oxygen atoms in total. The zero-order valence-corrected chi connectivity index (χ0v) is 25.8. The molecule has 0 aliphatic rings. The van der Waals surface area contributed by atoms with Crippen LogP contribution in [0.5, 0.6) is 0 Å². The number of hydrogen-bond donors (Lipinski definition) is 0.